The van der Waals surface area contributed by atoms with Crippen molar-refractivity contribution in [2.45, 2.75) is 26.5 Å². The number of aromatic nitrogens is 3. The van der Waals surface area contributed by atoms with Crippen molar-refractivity contribution in [3.05, 3.63) is 34.3 Å². The molecule has 0 aliphatic heterocycles. The summed E-state index contributed by atoms with van der Waals surface area (Å²) in [6.07, 6.45) is 6.33. The first-order chi connectivity index (χ1) is 7.33. The first-order valence-electron chi connectivity index (χ1n) is 4.87. The van der Waals surface area contributed by atoms with Gasteiger partial charge >= 0.3 is 0 Å². The Balaban J connectivity index is 2.14. The third-order valence-electron chi connectivity index (χ3n) is 2.22. The van der Waals surface area contributed by atoms with Gasteiger partial charge in [-0.15, -0.1) is 11.3 Å². The standard InChI is InChI=1S/C10H13N3OS/c1-2-9-4-12-10(15-9)5-13-7-11-3-8(13)6-14/h3-4,7,14H,2,5-6H2,1H3. The van der Waals surface area contributed by atoms with Crippen LogP contribution in [-0.2, 0) is 19.6 Å². The first-order valence-corrected chi connectivity index (χ1v) is 5.68. The molecule has 2 rings (SSSR count). The minimum atomic E-state index is 0.0199. The van der Waals surface area contributed by atoms with Gasteiger partial charge in [0.1, 0.15) is 5.01 Å². The van der Waals surface area contributed by atoms with Crippen LogP contribution >= 0.6 is 11.3 Å². The molecule has 0 spiro atoms. The van der Waals surface area contributed by atoms with E-state index in [2.05, 4.69) is 16.9 Å². The van der Waals surface area contributed by atoms with Crippen molar-refractivity contribution in [3.8, 4) is 0 Å². The van der Waals surface area contributed by atoms with Crippen molar-refractivity contribution in [2.24, 2.45) is 0 Å². The lowest BCUT2D eigenvalue weighted by Crippen LogP contribution is -2.02. The summed E-state index contributed by atoms with van der Waals surface area (Å²) < 4.78 is 1.91. The van der Waals surface area contributed by atoms with Crippen LogP contribution in [0.4, 0.5) is 0 Å². The Morgan fingerprint density at radius 2 is 2.33 bits per heavy atom. The predicted molar refractivity (Wildman–Crippen MR) is 58.7 cm³/mol. The molecule has 0 saturated heterocycles. The molecule has 0 amide bonds. The third kappa shape index (κ3) is 2.24. The molecule has 15 heavy (non-hydrogen) atoms. The second-order valence-corrected chi connectivity index (χ2v) is 4.44. The normalized spacial score (nSPS) is 10.8. The minimum Gasteiger partial charge on any atom is -0.390 e. The fourth-order valence-corrected chi connectivity index (χ4v) is 2.21. The monoisotopic (exact) mass is 223 g/mol. The van der Waals surface area contributed by atoms with Crippen LogP contribution in [0.15, 0.2) is 18.7 Å². The van der Waals surface area contributed by atoms with Crippen molar-refractivity contribution in [1.29, 1.82) is 0 Å². The molecule has 0 aliphatic carbocycles. The van der Waals surface area contributed by atoms with Crippen LogP contribution in [0.1, 0.15) is 22.5 Å². The number of thiazole rings is 1. The van der Waals surface area contributed by atoms with Crippen LogP contribution < -0.4 is 0 Å². The van der Waals surface area contributed by atoms with Crippen LogP contribution in [0.2, 0.25) is 0 Å². The highest BCUT2D eigenvalue weighted by Crippen LogP contribution is 2.15. The largest absolute Gasteiger partial charge is 0.390 e. The van der Waals surface area contributed by atoms with E-state index >= 15 is 0 Å². The number of imidazole rings is 1. The van der Waals surface area contributed by atoms with Gasteiger partial charge in [0.15, 0.2) is 0 Å². The maximum Gasteiger partial charge on any atom is 0.113 e. The molecule has 0 fully saturated rings. The molecule has 0 saturated carbocycles. The molecule has 0 radical (unpaired) electrons. The van der Waals surface area contributed by atoms with Gasteiger partial charge in [-0.25, -0.2) is 9.97 Å². The second-order valence-electron chi connectivity index (χ2n) is 3.24. The maximum atomic E-state index is 9.06. The third-order valence-corrected chi connectivity index (χ3v) is 3.34. The summed E-state index contributed by atoms with van der Waals surface area (Å²) in [6, 6.07) is 0. The zero-order valence-electron chi connectivity index (χ0n) is 8.55. The van der Waals surface area contributed by atoms with Crippen molar-refractivity contribution in [2.75, 3.05) is 0 Å². The summed E-state index contributed by atoms with van der Waals surface area (Å²) in [5, 5.41) is 10.1. The number of aryl methyl sites for hydroxylation is 1. The number of hydrogen-bond donors (Lipinski definition) is 1. The van der Waals surface area contributed by atoms with Crippen molar-refractivity contribution in [1.82, 2.24) is 14.5 Å². The van der Waals surface area contributed by atoms with Gasteiger partial charge in [0.05, 0.1) is 31.4 Å². The number of hydrogen-bond acceptors (Lipinski definition) is 4. The predicted octanol–water partition coefficient (Wildman–Crippen LogP) is 1.44. The van der Waals surface area contributed by atoms with Gasteiger partial charge in [0.2, 0.25) is 0 Å². The highest BCUT2D eigenvalue weighted by Gasteiger charge is 2.04. The lowest BCUT2D eigenvalue weighted by Gasteiger charge is -2.02. The molecule has 0 aliphatic rings. The zero-order valence-corrected chi connectivity index (χ0v) is 9.37. The molecule has 0 unspecified atom stereocenters. The van der Waals surface area contributed by atoms with Crippen molar-refractivity contribution < 1.29 is 5.11 Å². The molecule has 2 heterocycles. The van der Waals surface area contributed by atoms with Gasteiger partial charge < -0.3 is 9.67 Å². The molecule has 2 aromatic rings. The van der Waals surface area contributed by atoms with Gasteiger partial charge in [0.25, 0.3) is 0 Å². The van der Waals surface area contributed by atoms with E-state index in [1.807, 2.05) is 10.8 Å². The lowest BCUT2D eigenvalue weighted by atomic mass is 10.4. The minimum absolute atomic E-state index is 0.0199. The van der Waals surface area contributed by atoms with E-state index in [1.165, 1.54) is 4.88 Å². The van der Waals surface area contributed by atoms with Crippen LogP contribution in [0.3, 0.4) is 0 Å². The Bertz CT molecular complexity index is 435. The van der Waals surface area contributed by atoms with Crippen molar-refractivity contribution in [3.63, 3.8) is 0 Å². The van der Waals surface area contributed by atoms with Crippen molar-refractivity contribution >= 4 is 11.3 Å². The highest BCUT2D eigenvalue weighted by molar-refractivity contribution is 7.11. The van der Waals surface area contributed by atoms with E-state index in [4.69, 9.17) is 5.11 Å². The summed E-state index contributed by atoms with van der Waals surface area (Å²) in [5.74, 6) is 0. The summed E-state index contributed by atoms with van der Waals surface area (Å²) in [5.41, 5.74) is 0.822. The van der Waals surface area contributed by atoms with Gasteiger partial charge in [-0.3, -0.25) is 0 Å². The molecule has 0 aromatic carbocycles. The van der Waals surface area contributed by atoms with Crippen LogP contribution in [-0.4, -0.2) is 19.6 Å². The van der Waals surface area contributed by atoms with E-state index in [9.17, 15) is 0 Å². The summed E-state index contributed by atoms with van der Waals surface area (Å²) in [4.78, 5) is 9.61. The molecule has 4 nitrogen and oxygen atoms in total. The van der Waals surface area contributed by atoms with E-state index in [0.29, 0.717) is 6.54 Å². The fraction of sp³-hybridized carbons (Fsp3) is 0.400. The molecular weight excluding hydrogens is 210 g/mol. The van der Waals surface area contributed by atoms with E-state index in [0.717, 1.165) is 17.1 Å². The van der Waals surface area contributed by atoms with E-state index < -0.39 is 0 Å². The molecule has 2 aromatic heterocycles. The molecule has 0 atom stereocenters. The SMILES string of the molecule is CCc1cnc(Cn2cncc2CO)s1. The van der Waals surface area contributed by atoms with Crippen LogP contribution in [0.5, 0.6) is 0 Å². The van der Waals surface area contributed by atoms with Gasteiger partial charge in [-0.05, 0) is 6.42 Å². The van der Waals surface area contributed by atoms with Crippen LogP contribution in [0.25, 0.3) is 0 Å². The Morgan fingerprint density at radius 3 is 3.00 bits per heavy atom. The summed E-state index contributed by atoms with van der Waals surface area (Å²) >= 11 is 1.71. The highest BCUT2D eigenvalue weighted by atomic mass is 32.1. The molecule has 1 N–H and O–H groups in total. The smallest absolute Gasteiger partial charge is 0.113 e. The van der Waals surface area contributed by atoms with E-state index in [-0.39, 0.29) is 6.61 Å². The van der Waals surface area contributed by atoms with Gasteiger partial charge in [-0.2, -0.15) is 0 Å². The van der Waals surface area contributed by atoms with Crippen LogP contribution in [0, 0.1) is 0 Å². The molecular formula is C10H13N3OS. The average Bonchev–Trinajstić information content (AvgIpc) is 2.87. The number of aliphatic hydroxyl groups is 1. The number of nitrogens with zero attached hydrogens (tertiary/aromatic N) is 3. The number of rotatable bonds is 4. The second kappa shape index (κ2) is 4.55. The maximum absolute atomic E-state index is 9.06. The Kier molecular flexibility index (Phi) is 3.13. The first kappa shape index (κ1) is 10.3. The molecule has 0 bridgehead atoms. The van der Waals surface area contributed by atoms with E-state index in [1.54, 1.807) is 23.9 Å². The Morgan fingerprint density at radius 1 is 1.47 bits per heavy atom. The molecule has 5 heteroatoms. The van der Waals surface area contributed by atoms with Gasteiger partial charge in [-0.1, -0.05) is 6.92 Å². The Labute approximate surface area is 92.2 Å². The van der Waals surface area contributed by atoms with Gasteiger partial charge in [0, 0.05) is 11.1 Å². The number of aliphatic hydroxyl groups excluding tert-OH is 1. The lowest BCUT2D eigenvalue weighted by molar-refractivity contribution is 0.271. The average molecular weight is 223 g/mol. The zero-order chi connectivity index (χ0) is 10.7. The Hall–Kier alpha value is -1.20. The topological polar surface area (TPSA) is 50.9 Å². The quantitative estimate of drug-likeness (QED) is 0.853. The molecule has 80 valence electrons. The summed E-state index contributed by atoms with van der Waals surface area (Å²) in [7, 11) is 0. The summed E-state index contributed by atoms with van der Waals surface area (Å²) in [6.45, 7) is 2.83. The fourth-order valence-electron chi connectivity index (χ4n) is 1.35.